The van der Waals surface area contributed by atoms with Crippen LogP contribution in [0.1, 0.15) is 12.5 Å². The molecule has 0 bridgehead atoms. The molecular formula is C12H12BrNOS. The molecule has 0 unspecified atom stereocenters. The predicted octanol–water partition coefficient (Wildman–Crippen LogP) is 3.34. The van der Waals surface area contributed by atoms with Crippen molar-refractivity contribution < 1.29 is 4.79 Å². The number of rotatable bonds is 3. The fraction of sp³-hybridized carbons (Fsp3) is 0.250. The molecule has 1 aromatic heterocycles. The zero-order chi connectivity index (χ0) is 11.5. The number of halogens is 1. The van der Waals surface area contributed by atoms with Gasteiger partial charge in [0.1, 0.15) is 0 Å². The molecule has 0 aliphatic rings. The van der Waals surface area contributed by atoms with Crippen LogP contribution in [0.15, 0.2) is 28.1 Å². The Morgan fingerprint density at radius 3 is 3.06 bits per heavy atom. The minimum atomic E-state index is 0.0299. The number of carbonyl (C=O) groups is 1. The maximum Gasteiger partial charge on any atom is 0.216 e. The molecule has 0 radical (unpaired) electrons. The Morgan fingerprint density at radius 2 is 2.31 bits per heavy atom. The standard InChI is InChI=1S/C12H12BrNOS/c1-8(15)14-5-4-9-7-16-12-6-10(13)2-3-11(9)12/h2-3,6-7H,4-5H2,1H3,(H,14,15). The third-order valence-corrected chi connectivity index (χ3v) is 3.87. The van der Waals surface area contributed by atoms with Gasteiger partial charge in [-0.25, -0.2) is 0 Å². The molecule has 2 aromatic rings. The molecule has 1 N–H and O–H groups in total. The fourth-order valence-electron chi connectivity index (χ4n) is 1.62. The van der Waals surface area contributed by atoms with Crippen molar-refractivity contribution in [3.8, 4) is 0 Å². The molecule has 0 aliphatic carbocycles. The molecular weight excluding hydrogens is 286 g/mol. The van der Waals surface area contributed by atoms with Crippen LogP contribution in [-0.2, 0) is 11.2 Å². The van der Waals surface area contributed by atoms with Crippen LogP contribution in [0.5, 0.6) is 0 Å². The van der Waals surface area contributed by atoms with E-state index in [1.165, 1.54) is 15.6 Å². The van der Waals surface area contributed by atoms with Crippen molar-refractivity contribution in [2.75, 3.05) is 6.54 Å². The SMILES string of the molecule is CC(=O)NCCc1csc2cc(Br)ccc12. The first-order valence-electron chi connectivity index (χ1n) is 5.07. The molecule has 0 aliphatic heterocycles. The molecule has 2 nitrogen and oxygen atoms in total. The monoisotopic (exact) mass is 297 g/mol. The highest BCUT2D eigenvalue weighted by molar-refractivity contribution is 9.10. The Hall–Kier alpha value is -0.870. The first-order chi connectivity index (χ1) is 7.66. The molecule has 84 valence electrons. The van der Waals surface area contributed by atoms with Gasteiger partial charge in [-0.1, -0.05) is 22.0 Å². The number of carbonyl (C=O) groups excluding carboxylic acids is 1. The number of hydrogen-bond acceptors (Lipinski definition) is 2. The molecule has 0 saturated carbocycles. The fourth-order valence-corrected chi connectivity index (χ4v) is 3.17. The lowest BCUT2D eigenvalue weighted by molar-refractivity contribution is -0.118. The van der Waals surface area contributed by atoms with Crippen molar-refractivity contribution in [3.05, 3.63) is 33.6 Å². The van der Waals surface area contributed by atoms with Crippen molar-refractivity contribution >= 4 is 43.3 Å². The van der Waals surface area contributed by atoms with Crippen molar-refractivity contribution in [1.29, 1.82) is 0 Å². The van der Waals surface area contributed by atoms with E-state index in [1.54, 1.807) is 18.3 Å². The van der Waals surface area contributed by atoms with Crippen LogP contribution < -0.4 is 5.32 Å². The molecule has 1 aromatic carbocycles. The molecule has 1 heterocycles. The highest BCUT2D eigenvalue weighted by Crippen LogP contribution is 2.28. The molecule has 0 fully saturated rings. The summed E-state index contributed by atoms with van der Waals surface area (Å²) >= 11 is 5.21. The van der Waals surface area contributed by atoms with E-state index in [1.807, 2.05) is 0 Å². The zero-order valence-corrected chi connectivity index (χ0v) is 11.3. The van der Waals surface area contributed by atoms with Crippen LogP contribution in [-0.4, -0.2) is 12.5 Å². The second-order valence-corrected chi connectivity index (χ2v) is 5.46. The van der Waals surface area contributed by atoms with E-state index in [4.69, 9.17) is 0 Å². The Balaban J connectivity index is 2.15. The molecule has 0 saturated heterocycles. The summed E-state index contributed by atoms with van der Waals surface area (Å²) in [6, 6.07) is 6.30. The predicted molar refractivity (Wildman–Crippen MR) is 71.9 cm³/mol. The van der Waals surface area contributed by atoms with E-state index in [9.17, 15) is 4.79 Å². The number of benzene rings is 1. The van der Waals surface area contributed by atoms with Crippen molar-refractivity contribution in [2.45, 2.75) is 13.3 Å². The lowest BCUT2D eigenvalue weighted by Gasteiger charge is -2.01. The second kappa shape index (κ2) is 4.97. The van der Waals surface area contributed by atoms with Crippen LogP contribution >= 0.6 is 27.3 Å². The van der Waals surface area contributed by atoms with Gasteiger partial charge in [0.25, 0.3) is 0 Å². The zero-order valence-electron chi connectivity index (χ0n) is 8.92. The molecule has 16 heavy (non-hydrogen) atoms. The maximum atomic E-state index is 10.8. The van der Waals surface area contributed by atoms with E-state index in [0.717, 1.165) is 10.9 Å². The van der Waals surface area contributed by atoms with Gasteiger partial charge in [-0.05, 0) is 34.9 Å². The van der Waals surface area contributed by atoms with E-state index < -0.39 is 0 Å². The summed E-state index contributed by atoms with van der Waals surface area (Å²) < 4.78 is 2.39. The lowest BCUT2D eigenvalue weighted by Crippen LogP contribution is -2.22. The molecule has 0 spiro atoms. The van der Waals surface area contributed by atoms with Gasteiger partial charge in [-0.2, -0.15) is 0 Å². The number of hydrogen-bond donors (Lipinski definition) is 1. The minimum absolute atomic E-state index is 0.0299. The third kappa shape index (κ3) is 2.62. The number of fused-ring (bicyclic) bond motifs is 1. The van der Waals surface area contributed by atoms with Gasteiger partial charge in [0.15, 0.2) is 0 Å². The highest BCUT2D eigenvalue weighted by Gasteiger charge is 2.04. The molecule has 1 amide bonds. The summed E-state index contributed by atoms with van der Waals surface area (Å²) in [4.78, 5) is 10.8. The van der Waals surface area contributed by atoms with Gasteiger partial charge >= 0.3 is 0 Å². The van der Waals surface area contributed by atoms with Crippen LogP contribution in [0.25, 0.3) is 10.1 Å². The topological polar surface area (TPSA) is 29.1 Å². The summed E-state index contributed by atoms with van der Waals surface area (Å²) in [5.41, 5.74) is 1.31. The Morgan fingerprint density at radius 1 is 1.50 bits per heavy atom. The average molecular weight is 298 g/mol. The van der Waals surface area contributed by atoms with E-state index in [-0.39, 0.29) is 5.91 Å². The smallest absolute Gasteiger partial charge is 0.216 e. The summed E-state index contributed by atoms with van der Waals surface area (Å²) in [6.07, 6.45) is 0.890. The highest BCUT2D eigenvalue weighted by atomic mass is 79.9. The van der Waals surface area contributed by atoms with Crippen LogP contribution in [0.2, 0.25) is 0 Å². The van der Waals surface area contributed by atoms with Crippen molar-refractivity contribution in [3.63, 3.8) is 0 Å². The molecule has 4 heteroatoms. The largest absolute Gasteiger partial charge is 0.356 e. The van der Waals surface area contributed by atoms with E-state index in [2.05, 4.69) is 44.8 Å². The van der Waals surface area contributed by atoms with Crippen LogP contribution in [0.4, 0.5) is 0 Å². The van der Waals surface area contributed by atoms with Crippen molar-refractivity contribution in [1.82, 2.24) is 5.32 Å². The summed E-state index contributed by atoms with van der Waals surface area (Å²) in [7, 11) is 0. The average Bonchev–Trinajstić information content (AvgIpc) is 2.60. The van der Waals surface area contributed by atoms with Gasteiger partial charge in [0.2, 0.25) is 5.91 Å². The third-order valence-electron chi connectivity index (χ3n) is 2.39. The van der Waals surface area contributed by atoms with Gasteiger partial charge in [-0.3, -0.25) is 4.79 Å². The summed E-state index contributed by atoms with van der Waals surface area (Å²) in [6.45, 7) is 2.25. The molecule has 2 rings (SSSR count). The van der Waals surface area contributed by atoms with E-state index in [0.29, 0.717) is 6.54 Å². The van der Waals surface area contributed by atoms with Crippen LogP contribution in [0, 0.1) is 0 Å². The quantitative estimate of drug-likeness (QED) is 0.925. The molecule has 0 atom stereocenters. The Labute approximate surface area is 107 Å². The lowest BCUT2D eigenvalue weighted by atomic mass is 10.1. The van der Waals surface area contributed by atoms with Gasteiger partial charge in [0, 0.05) is 22.6 Å². The Kier molecular flexibility index (Phi) is 3.61. The van der Waals surface area contributed by atoms with Gasteiger partial charge in [0.05, 0.1) is 0 Å². The number of thiophene rings is 1. The van der Waals surface area contributed by atoms with Gasteiger partial charge in [-0.15, -0.1) is 11.3 Å². The van der Waals surface area contributed by atoms with E-state index >= 15 is 0 Å². The maximum absolute atomic E-state index is 10.8. The summed E-state index contributed by atoms with van der Waals surface area (Å²) in [5, 5.41) is 6.27. The number of amides is 1. The second-order valence-electron chi connectivity index (χ2n) is 3.63. The van der Waals surface area contributed by atoms with Crippen LogP contribution in [0.3, 0.4) is 0 Å². The van der Waals surface area contributed by atoms with Gasteiger partial charge < -0.3 is 5.32 Å². The summed E-state index contributed by atoms with van der Waals surface area (Å²) in [5.74, 6) is 0.0299. The normalized spacial score (nSPS) is 10.6. The number of nitrogens with one attached hydrogen (secondary N) is 1. The minimum Gasteiger partial charge on any atom is -0.356 e. The first-order valence-corrected chi connectivity index (χ1v) is 6.74. The van der Waals surface area contributed by atoms with Crippen molar-refractivity contribution in [2.24, 2.45) is 0 Å². The first kappa shape index (κ1) is 11.6. The Bertz CT molecular complexity index is 521.